The summed E-state index contributed by atoms with van der Waals surface area (Å²) in [6.45, 7) is 2.31. The van der Waals surface area contributed by atoms with Gasteiger partial charge in [-0.1, -0.05) is 6.92 Å². The first-order chi connectivity index (χ1) is 11.2. The SMILES string of the molecule is CCS(=O)(=O)c1cccnc1-c1nc2cc(C(C)(F)F)ccc2o1. The summed E-state index contributed by atoms with van der Waals surface area (Å²) in [6.07, 6.45) is 1.42. The summed E-state index contributed by atoms with van der Waals surface area (Å²) in [5, 5.41) is 0. The van der Waals surface area contributed by atoms with Gasteiger partial charge in [0.25, 0.3) is 5.92 Å². The third-order valence-corrected chi connectivity index (χ3v) is 5.34. The molecule has 1 aromatic carbocycles. The number of sulfone groups is 1. The van der Waals surface area contributed by atoms with Gasteiger partial charge in [0.15, 0.2) is 15.4 Å². The van der Waals surface area contributed by atoms with Gasteiger partial charge in [0, 0.05) is 18.7 Å². The molecule has 0 atom stereocenters. The Morgan fingerprint density at radius 2 is 2.00 bits per heavy atom. The second-order valence-corrected chi connectivity index (χ2v) is 7.59. The molecule has 0 radical (unpaired) electrons. The van der Waals surface area contributed by atoms with Gasteiger partial charge in [-0.25, -0.2) is 27.2 Å². The van der Waals surface area contributed by atoms with Crippen LogP contribution in [0.25, 0.3) is 22.7 Å². The van der Waals surface area contributed by atoms with E-state index >= 15 is 0 Å². The van der Waals surface area contributed by atoms with Crippen molar-refractivity contribution in [1.29, 1.82) is 0 Å². The third-order valence-electron chi connectivity index (χ3n) is 3.58. The molecule has 3 aromatic rings. The topological polar surface area (TPSA) is 73.1 Å². The number of hydrogen-bond acceptors (Lipinski definition) is 5. The lowest BCUT2D eigenvalue weighted by molar-refractivity contribution is 0.0176. The van der Waals surface area contributed by atoms with Crippen molar-refractivity contribution in [3.8, 4) is 11.6 Å². The standard InChI is InChI=1S/C16H14F2N2O3S/c1-3-24(21,22)13-5-4-8-19-14(13)15-20-11-9-10(16(2,17)18)6-7-12(11)23-15/h4-9H,3H2,1-2H3. The summed E-state index contributed by atoms with van der Waals surface area (Å²) in [7, 11) is -3.53. The Hall–Kier alpha value is -2.35. The van der Waals surface area contributed by atoms with Crippen molar-refractivity contribution >= 4 is 20.9 Å². The fourth-order valence-electron chi connectivity index (χ4n) is 2.26. The summed E-state index contributed by atoms with van der Waals surface area (Å²) in [5.41, 5.74) is 0.371. The summed E-state index contributed by atoms with van der Waals surface area (Å²) >= 11 is 0. The summed E-state index contributed by atoms with van der Waals surface area (Å²) in [6, 6.07) is 6.78. The molecule has 3 rings (SSSR count). The van der Waals surface area contributed by atoms with Crippen molar-refractivity contribution in [1.82, 2.24) is 9.97 Å². The molecule has 0 unspecified atom stereocenters. The van der Waals surface area contributed by atoms with Crippen LogP contribution in [0.3, 0.4) is 0 Å². The van der Waals surface area contributed by atoms with Gasteiger partial charge < -0.3 is 4.42 Å². The molecule has 2 aromatic heterocycles. The zero-order chi connectivity index (χ0) is 17.5. The minimum atomic E-state index is -3.53. The third kappa shape index (κ3) is 2.89. The lowest BCUT2D eigenvalue weighted by Gasteiger charge is -2.09. The molecule has 0 spiro atoms. The molecule has 0 N–H and O–H groups in total. The van der Waals surface area contributed by atoms with Gasteiger partial charge in [-0.3, -0.25) is 0 Å². The highest BCUT2D eigenvalue weighted by Gasteiger charge is 2.26. The fourth-order valence-corrected chi connectivity index (χ4v) is 3.29. The van der Waals surface area contributed by atoms with E-state index in [-0.39, 0.29) is 38.9 Å². The number of oxazole rings is 1. The van der Waals surface area contributed by atoms with Crippen molar-refractivity contribution < 1.29 is 21.6 Å². The number of hydrogen-bond donors (Lipinski definition) is 0. The highest BCUT2D eigenvalue weighted by Crippen LogP contribution is 2.32. The minimum absolute atomic E-state index is 0.0000935. The average molecular weight is 352 g/mol. The van der Waals surface area contributed by atoms with Crippen molar-refractivity contribution in [2.75, 3.05) is 5.75 Å². The lowest BCUT2D eigenvalue weighted by atomic mass is 10.1. The molecular formula is C16H14F2N2O3S. The van der Waals surface area contributed by atoms with Crippen LogP contribution in [-0.4, -0.2) is 24.1 Å². The number of rotatable bonds is 4. The first-order valence-corrected chi connectivity index (χ1v) is 8.84. The van der Waals surface area contributed by atoms with E-state index in [1.165, 1.54) is 43.5 Å². The first-order valence-electron chi connectivity index (χ1n) is 7.19. The second-order valence-electron chi connectivity index (χ2n) is 5.34. The van der Waals surface area contributed by atoms with E-state index < -0.39 is 15.8 Å². The van der Waals surface area contributed by atoms with Crippen molar-refractivity contribution in [3.63, 3.8) is 0 Å². The monoisotopic (exact) mass is 352 g/mol. The summed E-state index contributed by atoms with van der Waals surface area (Å²) in [4.78, 5) is 8.18. The largest absolute Gasteiger partial charge is 0.435 e. The van der Waals surface area contributed by atoms with Crippen LogP contribution in [-0.2, 0) is 15.8 Å². The zero-order valence-corrected chi connectivity index (χ0v) is 13.8. The molecular weight excluding hydrogens is 338 g/mol. The molecule has 0 aliphatic heterocycles. The van der Waals surface area contributed by atoms with Gasteiger partial charge in [0.1, 0.15) is 11.2 Å². The van der Waals surface area contributed by atoms with Crippen LogP contribution in [0.5, 0.6) is 0 Å². The Morgan fingerprint density at radius 1 is 1.25 bits per heavy atom. The maximum atomic E-state index is 13.4. The highest BCUT2D eigenvalue weighted by molar-refractivity contribution is 7.91. The van der Waals surface area contributed by atoms with E-state index in [2.05, 4.69) is 9.97 Å². The average Bonchev–Trinajstić information content (AvgIpc) is 2.97. The molecule has 0 saturated heterocycles. The van der Waals surface area contributed by atoms with E-state index in [1.807, 2.05) is 0 Å². The number of benzene rings is 1. The molecule has 0 bridgehead atoms. The Labute approximate surface area is 137 Å². The van der Waals surface area contributed by atoms with E-state index in [4.69, 9.17) is 4.42 Å². The predicted octanol–water partition coefficient (Wildman–Crippen LogP) is 3.80. The molecule has 0 aliphatic rings. The lowest BCUT2D eigenvalue weighted by Crippen LogP contribution is -2.06. The maximum absolute atomic E-state index is 13.4. The molecule has 0 saturated carbocycles. The Bertz CT molecular complexity index is 1010. The fraction of sp³-hybridized carbons (Fsp3) is 0.250. The van der Waals surface area contributed by atoms with E-state index in [1.54, 1.807) is 0 Å². The van der Waals surface area contributed by atoms with Crippen molar-refractivity contribution in [2.24, 2.45) is 0 Å². The van der Waals surface area contributed by atoms with Gasteiger partial charge >= 0.3 is 0 Å². The molecule has 126 valence electrons. The molecule has 0 fully saturated rings. The van der Waals surface area contributed by atoms with Gasteiger partial charge in [0.05, 0.1) is 10.6 Å². The Kier molecular flexibility index (Phi) is 3.87. The normalized spacial score (nSPS) is 12.7. The van der Waals surface area contributed by atoms with E-state index in [0.717, 1.165) is 6.92 Å². The Morgan fingerprint density at radius 3 is 2.67 bits per heavy atom. The molecule has 0 amide bonds. The van der Waals surface area contributed by atoms with Gasteiger partial charge in [0.2, 0.25) is 5.89 Å². The van der Waals surface area contributed by atoms with E-state index in [9.17, 15) is 17.2 Å². The molecule has 24 heavy (non-hydrogen) atoms. The quantitative estimate of drug-likeness (QED) is 0.714. The number of alkyl halides is 2. The molecule has 5 nitrogen and oxygen atoms in total. The van der Waals surface area contributed by atoms with Crippen LogP contribution in [0.2, 0.25) is 0 Å². The zero-order valence-electron chi connectivity index (χ0n) is 13.0. The second kappa shape index (κ2) is 5.62. The number of fused-ring (bicyclic) bond motifs is 1. The van der Waals surface area contributed by atoms with Crippen LogP contribution in [0.1, 0.15) is 19.4 Å². The van der Waals surface area contributed by atoms with Gasteiger partial charge in [-0.2, -0.15) is 0 Å². The van der Waals surface area contributed by atoms with Crippen LogP contribution in [0, 0.1) is 0 Å². The van der Waals surface area contributed by atoms with E-state index in [0.29, 0.717) is 0 Å². The smallest absolute Gasteiger partial charge is 0.270 e. The predicted molar refractivity (Wildman–Crippen MR) is 84.5 cm³/mol. The highest BCUT2D eigenvalue weighted by atomic mass is 32.2. The number of nitrogens with zero attached hydrogens (tertiary/aromatic N) is 2. The number of aromatic nitrogens is 2. The summed E-state index contributed by atoms with van der Waals surface area (Å²) in [5.74, 6) is -3.12. The number of halogens is 2. The van der Waals surface area contributed by atoms with Crippen LogP contribution in [0.4, 0.5) is 8.78 Å². The minimum Gasteiger partial charge on any atom is -0.435 e. The number of pyridine rings is 1. The Balaban J connectivity index is 2.18. The van der Waals surface area contributed by atoms with Crippen LogP contribution in [0.15, 0.2) is 45.8 Å². The van der Waals surface area contributed by atoms with Crippen molar-refractivity contribution in [3.05, 3.63) is 42.1 Å². The maximum Gasteiger partial charge on any atom is 0.270 e. The van der Waals surface area contributed by atoms with Gasteiger partial charge in [-0.05, 0) is 30.3 Å². The molecule has 8 heteroatoms. The summed E-state index contributed by atoms with van der Waals surface area (Å²) < 4.78 is 56.8. The van der Waals surface area contributed by atoms with Crippen LogP contribution >= 0.6 is 0 Å². The molecule has 2 heterocycles. The molecule has 0 aliphatic carbocycles. The first kappa shape index (κ1) is 16.5. The van der Waals surface area contributed by atoms with Gasteiger partial charge in [-0.15, -0.1) is 0 Å². The van der Waals surface area contributed by atoms with Crippen LogP contribution < -0.4 is 0 Å². The van der Waals surface area contributed by atoms with Crippen molar-refractivity contribution in [2.45, 2.75) is 24.7 Å².